The van der Waals surface area contributed by atoms with Crippen LogP contribution in [0.15, 0.2) is 23.1 Å². The van der Waals surface area contributed by atoms with Crippen molar-refractivity contribution >= 4 is 10.0 Å². The van der Waals surface area contributed by atoms with Gasteiger partial charge in [0, 0.05) is 19.1 Å². The molecule has 0 bridgehead atoms. The van der Waals surface area contributed by atoms with Gasteiger partial charge in [-0.05, 0) is 56.5 Å². The highest BCUT2D eigenvalue weighted by molar-refractivity contribution is 7.89. The molecule has 0 radical (unpaired) electrons. The lowest BCUT2D eigenvalue weighted by molar-refractivity contribution is 0.403. The van der Waals surface area contributed by atoms with Crippen molar-refractivity contribution < 1.29 is 8.42 Å². The summed E-state index contributed by atoms with van der Waals surface area (Å²) in [5.41, 5.74) is 2.16. The van der Waals surface area contributed by atoms with Crippen LogP contribution in [0, 0.1) is 6.92 Å². The zero-order valence-corrected chi connectivity index (χ0v) is 13.3. The van der Waals surface area contributed by atoms with Gasteiger partial charge in [-0.25, -0.2) is 8.42 Å². The second-order valence-corrected chi connectivity index (χ2v) is 7.36. The summed E-state index contributed by atoms with van der Waals surface area (Å²) < 4.78 is 27.2. The maximum atomic E-state index is 12.8. The first-order valence-electron chi connectivity index (χ1n) is 7.26. The summed E-state index contributed by atoms with van der Waals surface area (Å²) in [6.07, 6.45) is 2.84. The Hall–Kier alpha value is -0.910. The van der Waals surface area contributed by atoms with Crippen molar-refractivity contribution in [2.24, 2.45) is 0 Å². The Bertz CT molecular complexity index is 565. The molecule has 0 saturated heterocycles. The molecular weight excluding hydrogens is 272 g/mol. The first-order valence-corrected chi connectivity index (χ1v) is 8.70. The fourth-order valence-corrected chi connectivity index (χ4v) is 4.23. The van der Waals surface area contributed by atoms with E-state index >= 15 is 0 Å². The number of nitrogens with zero attached hydrogens (tertiary/aromatic N) is 1. The van der Waals surface area contributed by atoms with Gasteiger partial charge in [-0.1, -0.05) is 13.0 Å². The lowest BCUT2D eigenvalue weighted by atomic mass is 10.1. The summed E-state index contributed by atoms with van der Waals surface area (Å²) in [6, 6.07) is 5.66. The average Bonchev–Trinajstić information content (AvgIpc) is 3.22. The molecule has 0 aromatic heterocycles. The fraction of sp³-hybridized carbons (Fsp3) is 0.600. The van der Waals surface area contributed by atoms with Gasteiger partial charge in [0.1, 0.15) is 0 Å². The summed E-state index contributed by atoms with van der Waals surface area (Å²) >= 11 is 0. The molecule has 0 unspecified atom stereocenters. The minimum Gasteiger partial charge on any atom is -0.316 e. The largest absolute Gasteiger partial charge is 0.316 e. The molecule has 1 fully saturated rings. The Kier molecular flexibility index (Phi) is 4.83. The molecule has 0 atom stereocenters. The second-order valence-electron chi connectivity index (χ2n) is 5.47. The highest BCUT2D eigenvalue weighted by Gasteiger charge is 2.37. The predicted octanol–water partition coefficient (Wildman–Crippen LogP) is 2.28. The van der Waals surface area contributed by atoms with Gasteiger partial charge in [0.05, 0.1) is 4.90 Å². The van der Waals surface area contributed by atoms with Crippen molar-refractivity contribution in [3.05, 3.63) is 29.3 Å². The Balaban J connectivity index is 2.34. The summed E-state index contributed by atoms with van der Waals surface area (Å²) in [5.74, 6) is 0. The molecule has 1 aliphatic carbocycles. The van der Waals surface area contributed by atoms with Crippen molar-refractivity contribution in [2.45, 2.75) is 50.6 Å². The lowest BCUT2D eigenvalue weighted by Crippen LogP contribution is -2.34. The van der Waals surface area contributed by atoms with E-state index in [1.54, 1.807) is 10.4 Å². The Labute approximate surface area is 122 Å². The molecule has 0 aliphatic heterocycles. The lowest BCUT2D eigenvalue weighted by Gasteiger charge is -2.22. The maximum absolute atomic E-state index is 12.8. The Morgan fingerprint density at radius 3 is 2.60 bits per heavy atom. The molecule has 1 aromatic carbocycles. The van der Waals surface area contributed by atoms with E-state index in [-0.39, 0.29) is 6.04 Å². The molecular formula is C15H24N2O2S. The monoisotopic (exact) mass is 296 g/mol. The number of benzene rings is 1. The Morgan fingerprint density at radius 1 is 1.35 bits per heavy atom. The minimum absolute atomic E-state index is 0.217. The van der Waals surface area contributed by atoms with Gasteiger partial charge in [-0.2, -0.15) is 4.31 Å². The van der Waals surface area contributed by atoms with Gasteiger partial charge < -0.3 is 5.32 Å². The van der Waals surface area contributed by atoms with Crippen molar-refractivity contribution in [3.63, 3.8) is 0 Å². The topological polar surface area (TPSA) is 49.4 Å². The van der Waals surface area contributed by atoms with Gasteiger partial charge in [-0.3, -0.25) is 0 Å². The van der Waals surface area contributed by atoms with Crippen LogP contribution < -0.4 is 5.32 Å². The molecule has 20 heavy (non-hydrogen) atoms. The van der Waals surface area contributed by atoms with Crippen LogP contribution in [0.1, 0.15) is 37.3 Å². The third-order valence-corrected chi connectivity index (χ3v) is 5.64. The van der Waals surface area contributed by atoms with Crippen LogP contribution in [-0.2, 0) is 16.6 Å². The molecule has 0 spiro atoms. The van der Waals surface area contributed by atoms with Gasteiger partial charge in [0.2, 0.25) is 10.0 Å². The van der Waals surface area contributed by atoms with E-state index in [9.17, 15) is 8.42 Å². The smallest absolute Gasteiger partial charge is 0.243 e. The standard InChI is InChI=1S/C15H24N2O2S/c1-4-9-17(14-6-7-14)20(18,19)15-8-5-12(2)13(10-15)11-16-3/h5,8,10,14,16H,4,6-7,9,11H2,1-3H3. The normalized spacial score (nSPS) is 15.8. The summed E-state index contributed by atoms with van der Waals surface area (Å²) in [7, 11) is -1.48. The van der Waals surface area contributed by atoms with Crippen molar-refractivity contribution in [1.82, 2.24) is 9.62 Å². The number of aryl methyl sites for hydroxylation is 1. The number of sulfonamides is 1. The first kappa shape index (κ1) is 15.5. The fourth-order valence-electron chi connectivity index (χ4n) is 2.41. The average molecular weight is 296 g/mol. The molecule has 1 N–H and O–H groups in total. The third kappa shape index (κ3) is 3.22. The van der Waals surface area contributed by atoms with E-state index < -0.39 is 10.0 Å². The molecule has 5 heteroatoms. The van der Waals surface area contributed by atoms with Crippen molar-refractivity contribution in [2.75, 3.05) is 13.6 Å². The number of rotatable bonds is 7. The molecule has 1 aromatic rings. The molecule has 112 valence electrons. The van der Waals surface area contributed by atoms with Crippen LogP contribution >= 0.6 is 0 Å². The summed E-state index contributed by atoms with van der Waals surface area (Å²) in [4.78, 5) is 0.425. The van der Waals surface area contributed by atoms with Gasteiger partial charge >= 0.3 is 0 Å². The highest BCUT2D eigenvalue weighted by Crippen LogP contribution is 2.32. The van der Waals surface area contributed by atoms with Gasteiger partial charge in [0.15, 0.2) is 0 Å². The summed E-state index contributed by atoms with van der Waals surface area (Å²) in [6.45, 7) is 5.33. The predicted molar refractivity (Wildman–Crippen MR) is 81.1 cm³/mol. The van der Waals surface area contributed by atoms with E-state index in [4.69, 9.17) is 0 Å². The van der Waals surface area contributed by atoms with Gasteiger partial charge in [-0.15, -0.1) is 0 Å². The van der Waals surface area contributed by atoms with Crippen molar-refractivity contribution in [3.8, 4) is 0 Å². The van der Waals surface area contributed by atoms with Crippen LogP contribution in [0.2, 0.25) is 0 Å². The van der Waals surface area contributed by atoms with E-state index in [0.717, 1.165) is 30.4 Å². The van der Waals surface area contributed by atoms with Crippen LogP contribution in [0.5, 0.6) is 0 Å². The number of hydrogen-bond acceptors (Lipinski definition) is 3. The molecule has 1 saturated carbocycles. The third-order valence-electron chi connectivity index (χ3n) is 3.69. The quantitative estimate of drug-likeness (QED) is 0.840. The number of nitrogens with one attached hydrogen (secondary N) is 1. The highest BCUT2D eigenvalue weighted by atomic mass is 32.2. The zero-order chi connectivity index (χ0) is 14.8. The molecule has 0 amide bonds. The number of hydrogen-bond donors (Lipinski definition) is 1. The summed E-state index contributed by atoms with van der Waals surface area (Å²) in [5, 5.41) is 3.08. The van der Waals surface area contributed by atoms with Crippen LogP contribution in [0.3, 0.4) is 0 Å². The zero-order valence-electron chi connectivity index (χ0n) is 12.5. The van der Waals surface area contributed by atoms with Crippen LogP contribution in [0.4, 0.5) is 0 Å². The molecule has 4 nitrogen and oxygen atoms in total. The minimum atomic E-state index is -3.35. The van der Waals surface area contributed by atoms with E-state index in [1.165, 1.54) is 0 Å². The van der Waals surface area contributed by atoms with Crippen molar-refractivity contribution in [1.29, 1.82) is 0 Å². The molecule has 0 heterocycles. The molecule has 2 rings (SSSR count). The van der Waals surface area contributed by atoms with Crippen LogP contribution in [-0.4, -0.2) is 32.4 Å². The van der Waals surface area contributed by atoms with Crippen LogP contribution in [0.25, 0.3) is 0 Å². The van der Waals surface area contributed by atoms with E-state index in [0.29, 0.717) is 18.0 Å². The Morgan fingerprint density at radius 2 is 2.05 bits per heavy atom. The SMILES string of the molecule is CCCN(C1CC1)S(=O)(=O)c1ccc(C)c(CNC)c1. The molecule has 1 aliphatic rings. The second kappa shape index (κ2) is 6.24. The van der Waals surface area contributed by atoms with Gasteiger partial charge in [0.25, 0.3) is 0 Å². The van der Waals surface area contributed by atoms with E-state index in [1.807, 2.05) is 33.0 Å². The first-order chi connectivity index (χ1) is 9.50. The maximum Gasteiger partial charge on any atom is 0.243 e. The van der Waals surface area contributed by atoms with E-state index in [2.05, 4.69) is 5.32 Å².